The summed E-state index contributed by atoms with van der Waals surface area (Å²) < 4.78 is 5.05. The van der Waals surface area contributed by atoms with Gasteiger partial charge in [0, 0.05) is 23.6 Å². The van der Waals surface area contributed by atoms with Crippen LogP contribution in [0.2, 0.25) is 0 Å². The van der Waals surface area contributed by atoms with Crippen LogP contribution < -0.4 is 10.1 Å². The SMILES string of the molecule is COc1cc(C(=O)O)nc(C(=O)N[C@@]2(C)C[C@@H]2c2ccccc2)c1. The summed E-state index contributed by atoms with van der Waals surface area (Å²) in [5.41, 5.74) is 0.629. The van der Waals surface area contributed by atoms with Crippen LogP contribution in [0.3, 0.4) is 0 Å². The molecule has 6 heteroatoms. The summed E-state index contributed by atoms with van der Waals surface area (Å²) in [7, 11) is 1.41. The van der Waals surface area contributed by atoms with E-state index in [2.05, 4.69) is 10.3 Å². The number of hydrogen-bond acceptors (Lipinski definition) is 4. The topological polar surface area (TPSA) is 88.5 Å². The number of ether oxygens (including phenoxy) is 1. The average molecular weight is 326 g/mol. The number of carbonyl (C=O) groups excluding carboxylic acids is 1. The Kier molecular flexibility index (Phi) is 3.97. The van der Waals surface area contributed by atoms with Crippen molar-refractivity contribution in [1.29, 1.82) is 0 Å². The number of aromatic carboxylic acids is 1. The Morgan fingerprint density at radius 2 is 1.92 bits per heavy atom. The molecule has 1 aliphatic carbocycles. The van der Waals surface area contributed by atoms with E-state index >= 15 is 0 Å². The van der Waals surface area contributed by atoms with Crippen molar-refractivity contribution in [2.75, 3.05) is 7.11 Å². The number of hydrogen-bond donors (Lipinski definition) is 2. The van der Waals surface area contributed by atoms with Crippen molar-refractivity contribution in [3.8, 4) is 5.75 Å². The zero-order chi connectivity index (χ0) is 17.3. The summed E-state index contributed by atoms with van der Waals surface area (Å²) in [6.07, 6.45) is 0.832. The van der Waals surface area contributed by atoms with Crippen molar-refractivity contribution >= 4 is 11.9 Å². The molecule has 0 bridgehead atoms. The van der Waals surface area contributed by atoms with Crippen LogP contribution in [0.15, 0.2) is 42.5 Å². The Balaban J connectivity index is 1.79. The van der Waals surface area contributed by atoms with E-state index in [1.807, 2.05) is 37.3 Å². The summed E-state index contributed by atoms with van der Waals surface area (Å²) in [4.78, 5) is 27.5. The Morgan fingerprint density at radius 3 is 2.54 bits per heavy atom. The Morgan fingerprint density at radius 1 is 1.25 bits per heavy atom. The van der Waals surface area contributed by atoms with Gasteiger partial charge in [-0.3, -0.25) is 4.79 Å². The number of nitrogens with zero attached hydrogens (tertiary/aromatic N) is 1. The summed E-state index contributed by atoms with van der Waals surface area (Å²) in [5, 5.41) is 12.1. The number of benzene rings is 1. The molecule has 0 spiro atoms. The number of carbonyl (C=O) groups is 2. The maximum Gasteiger partial charge on any atom is 0.354 e. The number of aromatic nitrogens is 1. The molecule has 0 aliphatic heterocycles. The molecule has 0 unspecified atom stereocenters. The second-order valence-electron chi connectivity index (χ2n) is 6.12. The van der Waals surface area contributed by atoms with Gasteiger partial charge in [0.05, 0.1) is 7.11 Å². The lowest BCUT2D eigenvalue weighted by atomic mass is 10.1. The minimum absolute atomic E-state index is 0.0340. The quantitative estimate of drug-likeness (QED) is 0.881. The third-order valence-electron chi connectivity index (χ3n) is 4.32. The van der Waals surface area contributed by atoms with Crippen molar-refractivity contribution in [1.82, 2.24) is 10.3 Å². The van der Waals surface area contributed by atoms with E-state index in [0.29, 0.717) is 0 Å². The van der Waals surface area contributed by atoms with Crippen molar-refractivity contribution in [3.63, 3.8) is 0 Å². The highest BCUT2D eigenvalue weighted by atomic mass is 16.5. The smallest absolute Gasteiger partial charge is 0.354 e. The molecule has 3 rings (SSSR count). The second kappa shape index (κ2) is 5.96. The molecule has 1 saturated carbocycles. The van der Waals surface area contributed by atoms with Gasteiger partial charge in [0.1, 0.15) is 11.4 Å². The zero-order valence-electron chi connectivity index (χ0n) is 13.4. The molecule has 1 amide bonds. The Hall–Kier alpha value is -2.89. The number of amides is 1. The number of nitrogens with one attached hydrogen (secondary N) is 1. The highest BCUT2D eigenvalue weighted by Gasteiger charge is 2.52. The average Bonchev–Trinajstić information content (AvgIpc) is 3.26. The van der Waals surface area contributed by atoms with Gasteiger partial charge >= 0.3 is 5.97 Å². The number of carboxylic acids is 1. The van der Waals surface area contributed by atoms with E-state index in [9.17, 15) is 9.59 Å². The predicted octanol–water partition coefficient (Wildman–Crippen LogP) is 2.46. The minimum atomic E-state index is -1.21. The van der Waals surface area contributed by atoms with Gasteiger partial charge in [0.2, 0.25) is 0 Å². The van der Waals surface area contributed by atoms with Gasteiger partial charge < -0.3 is 15.2 Å². The van der Waals surface area contributed by atoms with Gasteiger partial charge in [0.15, 0.2) is 5.69 Å². The molecule has 2 atom stereocenters. The number of methoxy groups -OCH3 is 1. The monoisotopic (exact) mass is 326 g/mol. The molecule has 124 valence electrons. The Labute approximate surface area is 139 Å². The first-order valence-electron chi connectivity index (χ1n) is 7.60. The summed E-state index contributed by atoms with van der Waals surface area (Å²) in [6.45, 7) is 1.97. The minimum Gasteiger partial charge on any atom is -0.497 e. The van der Waals surface area contributed by atoms with Crippen molar-refractivity contribution in [3.05, 3.63) is 59.4 Å². The van der Waals surface area contributed by atoms with Gasteiger partial charge in [-0.25, -0.2) is 9.78 Å². The van der Waals surface area contributed by atoms with Crippen LogP contribution in [-0.2, 0) is 0 Å². The van der Waals surface area contributed by atoms with Crippen molar-refractivity contribution in [2.24, 2.45) is 0 Å². The van der Waals surface area contributed by atoms with Crippen LogP contribution in [0, 0.1) is 0 Å². The number of rotatable bonds is 5. The predicted molar refractivity (Wildman–Crippen MR) is 87.4 cm³/mol. The van der Waals surface area contributed by atoms with Gasteiger partial charge in [-0.15, -0.1) is 0 Å². The molecule has 0 radical (unpaired) electrons. The molecule has 1 aromatic heterocycles. The maximum atomic E-state index is 12.5. The zero-order valence-corrected chi connectivity index (χ0v) is 13.4. The molecule has 24 heavy (non-hydrogen) atoms. The largest absolute Gasteiger partial charge is 0.497 e. The first-order chi connectivity index (χ1) is 11.4. The van der Waals surface area contributed by atoms with Gasteiger partial charge in [-0.05, 0) is 18.9 Å². The van der Waals surface area contributed by atoms with Crippen molar-refractivity contribution in [2.45, 2.75) is 24.8 Å². The summed E-state index contributed by atoms with van der Waals surface area (Å²) >= 11 is 0. The van der Waals surface area contributed by atoms with Crippen LogP contribution in [0.1, 0.15) is 45.8 Å². The molecule has 6 nitrogen and oxygen atoms in total. The van der Waals surface area contributed by atoms with Crippen LogP contribution in [-0.4, -0.2) is 34.6 Å². The normalized spacial score (nSPS) is 21.8. The van der Waals surface area contributed by atoms with Crippen LogP contribution in [0.4, 0.5) is 0 Å². The third-order valence-corrected chi connectivity index (χ3v) is 4.32. The third kappa shape index (κ3) is 3.08. The lowest BCUT2D eigenvalue weighted by Gasteiger charge is -2.15. The maximum absolute atomic E-state index is 12.5. The summed E-state index contributed by atoms with van der Waals surface area (Å²) in [6, 6.07) is 12.7. The van der Waals surface area contributed by atoms with E-state index in [0.717, 1.165) is 6.42 Å². The highest BCUT2D eigenvalue weighted by Crippen LogP contribution is 2.51. The van der Waals surface area contributed by atoms with Crippen LogP contribution >= 0.6 is 0 Å². The standard InChI is InChI=1S/C18H18N2O4/c1-18(10-13(18)11-6-4-3-5-7-11)20-16(21)14-8-12(24-2)9-15(19-14)17(22)23/h3-9,13H,10H2,1-2H3,(H,20,21)(H,22,23)/t13-,18+/m1/s1. The fraction of sp³-hybridized carbons (Fsp3) is 0.278. The molecule has 2 aromatic rings. The molecule has 1 fully saturated rings. The molecular formula is C18H18N2O4. The van der Waals surface area contributed by atoms with Crippen LogP contribution in [0.25, 0.3) is 0 Å². The van der Waals surface area contributed by atoms with E-state index in [1.165, 1.54) is 24.8 Å². The Bertz CT molecular complexity index is 791. The van der Waals surface area contributed by atoms with E-state index in [4.69, 9.17) is 9.84 Å². The number of carboxylic acid groups (broad SMARTS) is 1. The second-order valence-corrected chi connectivity index (χ2v) is 6.12. The van der Waals surface area contributed by atoms with E-state index in [-0.39, 0.29) is 28.6 Å². The molecule has 1 aromatic carbocycles. The van der Waals surface area contributed by atoms with Crippen molar-refractivity contribution < 1.29 is 19.4 Å². The van der Waals surface area contributed by atoms with Gasteiger partial charge in [-0.1, -0.05) is 30.3 Å². The van der Waals surface area contributed by atoms with Crippen LogP contribution in [0.5, 0.6) is 5.75 Å². The molecule has 1 aliphatic rings. The summed E-state index contributed by atoms with van der Waals surface area (Å²) in [5.74, 6) is -1.08. The fourth-order valence-corrected chi connectivity index (χ4v) is 2.85. The molecular weight excluding hydrogens is 308 g/mol. The highest BCUT2D eigenvalue weighted by molar-refractivity contribution is 5.95. The molecule has 1 heterocycles. The van der Waals surface area contributed by atoms with Gasteiger partial charge in [-0.2, -0.15) is 0 Å². The van der Waals surface area contributed by atoms with E-state index < -0.39 is 11.9 Å². The molecule has 0 saturated heterocycles. The lowest BCUT2D eigenvalue weighted by molar-refractivity contribution is 0.0690. The fourth-order valence-electron chi connectivity index (χ4n) is 2.85. The first-order valence-corrected chi connectivity index (χ1v) is 7.60. The first kappa shape index (κ1) is 16.0. The number of pyridine rings is 1. The van der Waals surface area contributed by atoms with E-state index in [1.54, 1.807) is 0 Å². The lowest BCUT2D eigenvalue weighted by Crippen LogP contribution is -2.36. The van der Waals surface area contributed by atoms with Gasteiger partial charge in [0.25, 0.3) is 5.91 Å². The molecule has 2 N–H and O–H groups in total.